The molecule has 2 heterocycles. The van der Waals surface area contributed by atoms with Crippen molar-refractivity contribution in [3.05, 3.63) is 52.7 Å². The zero-order valence-corrected chi connectivity index (χ0v) is 12.8. The Morgan fingerprint density at radius 1 is 1.30 bits per heavy atom. The van der Waals surface area contributed by atoms with E-state index < -0.39 is 0 Å². The Labute approximate surface area is 125 Å². The topological polar surface area (TPSA) is 38.1 Å². The van der Waals surface area contributed by atoms with Gasteiger partial charge in [-0.25, -0.2) is 0 Å². The minimum Gasteiger partial charge on any atom is -0.453 e. The summed E-state index contributed by atoms with van der Waals surface area (Å²) in [7, 11) is 0. The van der Waals surface area contributed by atoms with Gasteiger partial charge < -0.3 is 9.73 Å². The summed E-state index contributed by atoms with van der Waals surface area (Å²) < 4.78 is 5.20. The van der Waals surface area contributed by atoms with Crippen LogP contribution in [0.2, 0.25) is 5.22 Å². The average molecular weight is 293 g/mol. The molecule has 1 atom stereocenters. The summed E-state index contributed by atoms with van der Waals surface area (Å²) >= 11 is 6.10. The van der Waals surface area contributed by atoms with Gasteiger partial charge in [0.25, 0.3) is 0 Å². The van der Waals surface area contributed by atoms with Gasteiger partial charge in [0.05, 0.1) is 6.26 Å². The molecule has 0 saturated heterocycles. The van der Waals surface area contributed by atoms with Crippen molar-refractivity contribution >= 4 is 11.6 Å². The molecule has 20 heavy (non-hydrogen) atoms. The number of hydrogen-bond donors (Lipinski definition) is 1. The predicted octanol–water partition coefficient (Wildman–Crippen LogP) is 4.17. The monoisotopic (exact) mass is 292 g/mol. The maximum atomic E-state index is 6.10. The van der Waals surface area contributed by atoms with Gasteiger partial charge in [-0.15, -0.1) is 0 Å². The number of aryl methyl sites for hydroxylation is 1. The first-order chi connectivity index (χ1) is 9.74. The van der Waals surface area contributed by atoms with E-state index in [0.29, 0.717) is 5.22 Å². The third-order valence-corrected chi connectivity index (χ3v) is 3.68. The molecule has 0 aliphatic rings. The SMILES string of the molecule is CCCNC(Cc1ccc(CC)cn1)c1ccoc1Cl. The van der Waals surface area contributed by atoms with Crippen LogP contribution in [-0.2, 0) is 12.8 Å². The second kappa shape index (κ2) is 7.46. The predicted molar refractivity (Wildman–Crippen MR) is 82.1 cm³/mol. The van der Waals surface area contributed by atoms with Crippen LogP contribution in [0.1, 0.15) is 43.1 Å². The van der Waals surface area contributed by atoms with Gasteiger partial charge >= 0.3 is 0 Å². The number of furan rings is 1. The molecule has 2 aromatic heterocycles. The fourth-order valence-corrected chi connectivity index (χ4v) is 2.40. The van der Waals surface area contributed by atoms with E-state index in [9.17, 15) is 0 Å². The maximum absolute atomic E-state index is 6.10. The fraction of sp³-hybridized carbons (Fsp3) is 0.438. The normalized spacial score (nSPS) is 12.6. The van der Waals surface area contributed by atoms with Gasteiger partial charge in [-0.3, -0.25) is 4.98 Å². The number of halogens is 1. The Morgan fingerprint density at radius 3 is 2.70 bits per heavy atom. The highest BCUT2D eigenvalue weighted by Crippen LogP contribution is 2.26. The quantitative estimate of drug-likeness (QED) is 0.832. The Morgan fingerprint density at radius 2 is 2.15 bits per heavy atom. The number of aromatic nitrogens is 1. The molecule has 0 radical (unpaired) electrons. The molecule has 0 aliphatic heterocycles. The van der Waals surface area contributed by atoms with Crippen LogP contribution in [-0.4, -0.2) is 11.5 Å². The molecule has 108 valence electrons. The van der Waals surface area contributed by atoms with Gasteiger partial charge in [0, 0.05) is 29.9 Å². The van der Waals surface area contributed by atoms with E-state index in [4.69, 9.17) is 16.0 Å². The van der Waals surface area contributed by atoms with E-state index in [1.807, 2.05) is 12.3 Å². The molecule has 0 saturated carbocycles. The standard InChI is InChI=1S/C16H21ClN2O/c1-3-8-18-15(14-7-9-20-16(14)17)10-13-6-5-12(4-2)11-19-13/h5-7,9,11,15,18H,3-4,8,10H2,1-2H3. The van der Waals surface area contributed by atoms with E-state index in [1.54, 1.807) is 6.26 Å². The first-order valence-electron chi connectivity index (χ1n) is 7.14. The van der Waals surface area contributed by atoms with Crippen molar-refractivity contribution < 1.29 is 4.42 Å². The molecule has 1 unspecified atom stereocenters. The largest absolute Gasteiger partial charge is 0.453 e. The fourth-order valence-electron chi connectivity index (χ4n) is 2.16. The van der Waals surface area contributed by atoms with Crippen molar-refractivity contribution in [2.45, 2.75) is 39.2 Å². The number of hydrogen-bond acceptors (Lipinski definition) is 3. The summed E-state index contributed by atoms with van der Waals surface area (Å²) in [6, 6.07) is 6.29. The van der Waals surface area contributed by atoms with Crippen molar-refractivity contribution in [3.8, 4) is 0 Å². The minimum absolute atomic E-state index is 0.140. The molecule has 4 heteroatoms. The zero-order chi connectivity index (χ0) is 14.4. The summed E-state index contributed by atoms with van der Waals surface area (Å²) in [5.74, 6) is 0. The second-order valence-electron chi connectivity index (χ2n) is 4.87. The number of rotatable bonds is 7. The van der Waals surface area contributed by atoms with Crippen LogP contribution >= 0.6 is 11.6 Å². The molecule has 2 aromatic rings. The van der Waals surface area contributed by atoms with Gasteiger partial charge in [-0.1, -0.05) is 19.9 Å². The molecular formula is C16H21ClN2O. The summed E-state index contributed by atoms with van der Waals surface area (Å²) in [6.07, 6.45) is 6.48. The second-order valence-corrected chi connectivity index (χ2v) is 5.22. The smallest absolute Gasteiger partial charge is 0.197 e. The van der Waals surface area contributed by atoms with Gasteiger partial charge in [0.2, 0.25) is 0 Å². The lowest BCUT2D eigenvalue weighted by atomic mass is 10.0. The van der Waals surface area contributed by atoms with Crippen LogP contribution < -0.4 is 5.32 Å². The Hall–Kier alpha value is -1.32. The van der Waals surface area contributed by atoms with Gasteiger partial charge in [0.15, 0.2) is 5.22 Å². The highest BCUT2D eigenvalue weighted by molar-refractivity contribution is 6.29. The van der Waals surface area contributed by atoms with Crippen LogP contribution in [0.15, 0.2) is 35.1 Å². The van der Waals surface area contributed by atoms with Gasteiger partial charge in [-0.05, 0) is 48.7 Å². The maximum Gasteiger partial charge on any atom is 0.197 e. The highest BCUT2D eigenvalue weighted by Gasteiger charge is 2.17. The van der Waals surface area contributed by atoms with Crippen molar-refractivity contribution in [1.82, 2.24) is 10.3 Å². The number of nitrogens with one attached hydrogen (secondary N) is 1. The first kappa shape index (κ1) is 15.1. The highest BCUT2D eigenvalue weighted by atomic mass is 35.5. The number of pyridine rings is 1. The van der Waals surface area contributed by atoms with Crippen LogP contribution in [0.3, 0.4) is 0 Å². The molecule has 2 rings (SSSR count). The molecule has 0 fully saturated rings. The third-order valence-electron chi connectivity index (χ3n) is 3.37. The van der Waals surface area contributed by atoms with Crippen molar-refractivity contribution in [2.24, 2.45) is 0 Å². The van der Waals surface area contributed by atoms with E-state index in [1.165, 1.54) is 5.56 Å². The lowest BCUT2D eigenvalue weighted by molar-refractivity contribution is 0.509. The lowest BCUT2D eigenvalue weighted by Crippen LogP contribution is -2.24. The van der Waals surface area contributed by atoms with Crippen LogP contribution in [0.4, 0.5) is 0 Å². The molecule has 0 aliphatic carbocycles. The molecule has 1 N–H and O–H groups in total. The number of nitrogens with zero attached hydrogens (tertiary/aromatic N) is 1. The summed E-state index contributed by atoms with van der Waals surface area (Å²) in [5.41, 5.74) is 3.32. The van der Waals surface area contributed by atoms with Crippen molar-refractivity contribution in [3.63, 3.8) is 0 Å². The summed E-state index contributed by atoms with van der Waals surface area (Å²) in [6.45, 7) is 5.22. The molecule has 3 nitrogen and oxygen atoms in total. The first-order valence-corrected chi connectivity index (χ1v) is 7.52. The van der Waals surface area contributed by atoms with Crippen LogP contribution in [0.25, 0.3) is 0 Å². The van der Waals surface area contributed by atoms with Crippen molar-refractivity contribution in [2.75, 3.05) is 6.54 Å². The third kappa shape index (κ3) is 3.84. The van der Waals surface area contributed by atoms with Crippen LogP contribution in [0, 0.1) is 0 Å². The van der Waals surface area contributed by atoms with Gasteiger partial charge in [-0.2, -0.15) is 0 Å². The molecular weight excluding hydrogens is 272 g/mol. The molecule has 0 spiro atoms. The summed E-state index contributed by atoms with van der Waals surface area (Å²) in [4.78, 5) is 4.52. The average Bonchev–Trinajstić information content (AvgIpc) is 2.90. The van der Waals surface area contributed by atoms with Gasteiger partial charge in [0.1, 0.15) is 0 Å². The molecule has 0 bridgehead atoms. The van der Waals surface area contributed by atoms with E-state index in [-0.39, 0.29) is 6.04 Å². The molecule has 0 amide bonds. The lowest BCUT2D eigenvalue weighted by Gasteiger charge is -2.17. The van der Waals surface area contributed by atoms with E-state index >= 15 is 0 Å². The van der Waals surface area contributed by atoms with Crippen LogP contribution in [0.5, 0.6) is 0 Å². The van der Waals surface area contributed by atoms with Crippen molar-refractivity contribution in [1.29, 1.82) is 0 Å². The van der Waals surface area contributed by atoms with E-state index in [0.717, 1.165) is 37.1 Å². The minimum atomic E-state index is 0.140. The Bertz CT molecular complexity index is 522. The molecule has 0 aromatic carbocycles. The Balaban J connectivity index is 2.12. The summed E-state index contributed by atoms with van der Waals surface area (Å²) in [5, 5.41) is 3.97. The zero-order valence-electron chi connectivity index (χ0n) is 12.0. The van der Waals surface area contributed by atoms with E-state index in [2.05, 4.69) is 36.3 Å². The Kier molecular flexibility index (Phi) is 5.62.